The van der Waals surface area contributed by atoms with E-state index >= 15 is 0 Å². The zero-order chi connectivity index (χ0) is 20.9. The van der Waals surface area contributed by atoms with Gasteiger partial charge in [-0.15, -0.1) is 0 Å². The van der Waals surface area contributed by atoms with Crippen LogP contribution in [0.2, 0.25) is 0 Å². The quantitative estimate of drug-likeness (QED) is 0.612. The molecule has 1 aromatic carbocycles. The molecular formula is C18H25BrF4N2O. The van der Waals surface area contributed by atoms with Gasteiger partial charge in [0, 0.05) is 22.3 Å². The Morgan fingerprint density at radius 1 is 1.04 bits per heavy atom. The van der Waals surface area contributed by atoms with Crippen LogP contribution in [0.3, 0.4) is 0 Å². The van der Waals surface area contributed by atoms with Gasteiger partial charge >= 0.3 is 5.92 Å². The van der Waals surface area contributed by atoms with E-state index in [4.69, 9.17) is 0 Å². The van der Waals surface area contributed by atoms with E-state index in [2.05, 4.69) is 26.6 Å². The number of rotatable bonds is 3. The van der Waals surface area contributed by atoms with Crippen LogP contribution in [0.5, 0.6) is 0 Å². The number of hydrogen-bond acceptors (Lipinski definition) is 3. The van der Waals surface area contributed by atoms with Crippen molar-refractivity contribution in [1.82, 2.24) is 4.98 Å². The Morgan fingerprint density at radius 2 is 1.58 bits per heavy atom. The van der Waals surface area contributed by atoms with Crippen molar-refractivity contribution in [3.05, 3.63) is 63.9 Å². The van der Waals surface area contributed by atoms with Crippen LogP contribution in [0, 0.1) is 11.6 Å². The number of hydrogen-bond donors (Lipinski definition) is 2. The lowest BCUT2D eigenvalue weighted by Gasteiger charge is -2.22. The van der Waals surface area contributed by atoms with Crippen LogP contribution in [-0.4, -0.2) is 17.1 Å². The van der Waals surface area contributed by atoms with Gasteiger partial charge in [0.25, 0.3) is 0 Å². The molecule has 0 radical (unpaired) electrons. The van der Waals surface area contributed by atoms with Crippen LogP contribution in [0.15, 0.2) is 41.0 Å². The second kappa shape index (κ2) is 13.7. The zero-order valence-corrected chi connectivity index (χ0v) is 17.0. The van der Waals surface area contributed by atoms with E-state index in [0.29, 0.717) is 10.5 Å². The van der Waals surface area contributed by atoms with Crippen molar-refractivity contribution in [2.75, 3.05) is 7.05 Å². The Hall–Kier alpha value is -1.51. The third-order valence-electron chi connectivity index (χ3n) is 2.67. The number of aliphatic hydroxyl groups excluding tert-OH is 1. The monoisotopic (exact) mass is 440 g/mol. The molecule has 0 fully saturated rings. The highest BCUT2D eigenvalue weighted by atomic mass is 79.9. The van der Waals surface area contributed by atoms with Crippen LogP contribution in [0.25, 0.3) is 0 Å². The molecule has 3 nitrogen and oxygen atoms in total. The average molecular weight is 441 g/mol. The summed E-state index contributed by atoms with van der Waals surface area (Å²) in [6.45, 7) is 8.00. The number of alkyl halides is 2. The van der Waals surface area contributed by atoms with Crippen LogP contribution >= 0.6 is 15.9 Å². The first kappa shape index (κ1) is 26.7. The first-order valence-electron chi connectivity index (χ1n) is 8.03. The molecule has 8 heteroatoms. The Morgan fingerprint density at radius 3 is 2.00 bits per heavy atom. The molecule has 1 heterocycles. The summed E-state index contributed by atoms with van der Waals surface area (Å²) in [6.07, 6.45) is -1.33. The third-order valence-corrected chi connectivity index (χ3v) is 3.14. The van der Waals surface area contributed by atoms with E-state index in [1.807, 2.05) is 27.7 Å². The summed E-state index contributed by atoms with van der Waals surface area (Å²) in [5.74, 6) is -5.96. The molecule has 26 heavy (non-hydrogen) atoms. The number of nitrogens with zero attached hydrogens (tertiary/aromatic N) is 1. The van der Waals surface area contributed by atoms with Gasteiger partial charge in [0.1, 0.15) is 17.3 Å². The summed E-state index contributed by atoms with van der Waals surface area (Å²) in [5.41, 5.74) is 3.10. The topological polar surface area (TPSA) is 59.1 Å². The van der Waals surface area contributed by atoms with E-state index < -0.39 is 34.9 Å². The van der Waals surface area contributed by atoms with Gasteiger partial charge < -0.3 is 10.8 Å². The van der Waals surface area contributed by atoms with Crippen LogP contribution in [0.4, 0.5) is 17.6 Å². The highest BCUT2D eigenvalue weighted by molar-refractivity contribution is 9.10. The molecule has 2 aromatic rings. The van der Waals surface area contributed by atoms with Gasteiger partial charge in [-0.25, -0.2) is 8.78 Å². The molecule has 1 aromatic heterocycles. The lowest BCUT2D eigenvalue weighted by atomic mass is 10.00. The van der Waals surface area contributed by atoms with Gasteiger partial charge in [-0.1, -0.05) is 33.8 Å². The number of aromatic nitrogens is 1. The molecule has 2 rings (SSSR count). The molecule has 0 saturated heterocycles. The molecule has 0 aliphatic carbocycles. The number of nitrogens with two attached hydrogens (primary N) is 1. The first-order valence-corrected chi connectivity index (χ1v) is 8.82. The fraction of sp³-hybridized carbons (Fsp3) is 0.389. The van der Waals surface area contributed by atoms with E-state index in [-0.39, 0.29) is 0 Å². The second-order valence-electron chi connectivity index (χ2n) is 4.05. The van der Waals surface area contributed by atoms with Crippen molar-refractivity contribution in [3.8, 4) is 0 Å². The molecule has 148 valence electrons. The molecule has 0 bridgehead atoms. The molecule has 0 aliphatic rings. The summed E-state index contributed by atoms with van der Waals surface area (Å²) in [7, 11) is 1.50. The van der Waals surface area contributed by atoms with Gasteiger partial charge in [-0.05, 0) is 41.2 Å². The molecule has 0 amide bonds. The summed E-state index contributed by atoms with van der Waals surface area (Å²) < 4.78 is 54.8. The van der Waals surface area contributed by atoms with Crippen LogP contribution in [0.1, 0.15) is 45.1 Å². The summed E-state index contributed by atoms with van der Waals surface area (Å²) >= 11 is 3.04. The predicted octanol–water partition coefficient (Wildman–Crippen LogP) is 5.58. The largest absolute Gasteiger partial charge is 0.382 e. The van der Waals surface area contributed by atoms with E-state index in [0.717, 1.165) is 24.4 Å². The summed E-state index contributed by atoms with van der Waals surface area (Å²) in [4.78, 5) is 3.49. The van der Waals surface area contributed by atoms with E-state index in [1.165, 1.54) is 13.1 Å². The minimum Gasteiger partial charge on any atom is -0.382 e. The van der Waals surface area contributed by atoms with E-state index in [1.54, 1.807) is 0 Å². The van der Waals surface area contributed by atoms with Gasteiger partial charge in [0.05, 0.1) is 0 Å². The van der Waals surface area contributed by atoms with Crippen LogP contribution < -0.4 is 5.73 Å². The first-order chi connectivity index (χ1) is 12.3. The lowest BCUT2D eigenvalue weighted by molar-refractivity contribution is -0.122. The van der Waals surface area contributed by atoms with Crippen LogP contribution in [-0.2, 0) is 5.92 Å². The number of pyridine rings is 1. The Labute approximate surface area is 160 Å². The summed E-state index contributed by atoms with van der Waals surface area (Å²) in [6, 6.07) is 4.34. The average Bonchev–Trinajstić information content (AvgIpc) is 2.66. The van der Waals surface area contributed by atoms with Crippen molar-refractivity contribution in [1.29, 1.82) is 0 Å². The second-order valence-corrected chi connectivity index (χ2v) is 4.97. The highest BCUT2D eigenvalue weighted by Gasteiger charge is 2.44. The third kappa shape index (κ3) is 7.39. The molecule has 1 atom stereocenters. The fourth-order valence-electron chi connectivity index (χ4n) is 1.63. The van der Waals surface area contributed by atoms with Crippen molar-refractivity contribution < 1.29 is 22.7 Å². The maximum absolute atomic E-state index is 14.1. The maximum Gasteiger partial charge on any atom is 0.319 e. The van der Waals surface area contributed by atoms with Gasteiger partial charge in [0.2, 0.25) is 0 Å². The van der Waals surface area contributed by atoms with Crippen molar-refractivity contribution in [3.63, 3.8) is 0 Å². The summed E-state index contributed by atoms with van der Waals surface area (Å²) in [5, 5.41) is 9.68. The Bertz CT molecular complexity index is 625. The molecule has 0 spiro atoms. The Balaban J connectivity index is 0. The predicted molar refractivity (Wildman–Crippen MR) is 100.0 cm³/mol. The maximum atomic E-state index is 14.1. The van der Waals surface area contributed by atoms with Crippen molar-refractivity contribution in [2.24, 2.45) is 5.73 Å². The molecule has 0 saturated carbocycles. The number of halogens is 5. The Kier molecular flexibility index (Phi) is 14.0. The van der Waals surface area contributed by atoms with Gasteiger partial charge in [-0.2, -0.15) is 8.78 Å². The van der Waals surface area contributed by atoms with Gasteiger partial charge in [0.15, 0.2) is 6.10 Å². The smallest absolute Gasteiger partial charge is 0.319 e. The van der Waals surface area contributed by atoms with Crippen molar-refractivity contribution >= 4 is 15.9 Å². The van der Waals surface area contributed by atoms with E-state index in [9.17, 15) is 22.7 Å². The van der Waals surface area contributed by atoms with Crippen molar-refractivity contribution in [2.45, 2.75) is 39.7 Å². The molecule has 1 unspecified atom stereocenters. The minimum atomic E-state index is -3.81. The zero-order valence-electron chi connectivity index (χ0n) is 15.4. The standard InChI is InChI=1S/C13H8BrF4NO.2C2H6.CH5N/c14-7-1-4-11(19-6-7)13(17,18)12(20)9-3-2-8(15)5-10(9)16;3*1-2/h1-6,12,20H;2*1-2H3;2H2,1H3. The minimum absolute atomic E-state index is 0.434. The molecule has 3 N–H and O–H groups in total. The SMILES string of the molecule is CC.CC.CN.OC(c1ccc(F)cc1F)C(F)(F)c1ccc(Br)cn1. The number of benzene rings is 1. The lowest BCUT2D eigenvalue weighted by Crippen LogP contribution is -2.25. The molecular weight excluding hydrogens is 416 g/mol. The van der Waals surface area contributed by atoms with Gasteiger partial charge in [-0.3, -0.25) is 4.98 Å². The highest BCUT2D eigenvalue weighted by Crippen LogP contribution is 2.40. The fourth-order valence-corrected chi connectivity index (χ4v) is 1.87. The number of aliphatic hydroxyl groups is 1. The molecule has 0 aliphatic heterocycles. The normalized spacial score (nSPS) is 10.9.